The van der Waals surface area contributed by atoms with Crippen molar-refractivity contribution in [2.75, 3.05) is 17.2 Å². The van der Waals surface area contributed by atoms with Gasteiger partial charge in [0, 0.05) is 18.3 Å². The number of ether oxygens (including phenoxy) is 1. The maximum absolute atomic E-state index is 11.8. The van der Waals surface area contributed by atoms with Crippen LogP contribution in [-0.4, -0.2) is 29.5 Å². The van der Waals surface area contributed by atoms with Crippen LogP contribution in [0.3, 0.4) is 0 Å². The van der Waals surface area contributed by atoms with E-state index in [1.165, 1.54) is 31.2 Å². The fourth-order valence-corrected chi connectivity index (χ4v) is 1.92. The molecule has 0 saturated heterocycles. The van der Waals surface area contributed by atoms with Gasteiger partial charge in [-0.1, -0.05) is 12.1 Å². The second-order valence-electron chi connectivity index (χ2n) is 4.94. The average Bonchev–Trinajstić information content (AvgIpc) is 2.52. The lowest BCUT2D eigenvalue weighted by atomic mass is 10.2. The molecule has 0 radical (unpaired) electrons. The molecule has 2 rings (SSSR count). The number of carbonyl (C=O) groups is 3. The smallest absolute Gasteiger partial charge is 0.338 e. The summed E-state index contributed by atoms with van der Waals surface area (Å²) >= 11 is 0. The average molecular weight is 328 g/mol. The Bertz CT molecular complexity index is 773. The van der Waals surface area contributed by atoms with Gasteiger partial charge >= 0.3 is 5.97 Å². The second-order valence-corrected chi connectivity index (χ2v) is 4.94. The Hall–Kier alpha value is -3.35. The monoisotopic (exact) mass is 328 g/mol. The molecule has 24 heavy (non-hydrogen) atoms. The third kappa shape index (κ3) is 5.13. The molecule has 0 fully saturated rings. The number of nitrogens with one attached hydrogen (secondary N) is 2. The summed E-state index contributed by atoms with van der Waals surface area (Å²) in [5.41, 5.74) is 1.15. The minimum absolute atomic E-state index is 0.0660. The first-order valence-electron chi connectivity index (χ1n) is 7.08. The molecule has 0 atom stereocenters. The Morgan fingerprint density at radius 1 is 1.00 bits per heavy atom. The fourth-order valence-electron chi connectivity index (χ4n) is 1.92. The molecule has 0 aromatic heterocycles. The van der Waals surface area contributed by atoms with Gasteiger partial charge in [0.15, 0.2) is 6.61 Å². The van der Waals surface area contributed by atoms with Gasteiger partial charge in [-0.2, -0.15) is 0 Å². The summed E-state index contributed by atoms with van der Waals surface area (Å²) in [7, 11) is 0. The predicted octanol–water partition coefficient (Wildman–Crippen LogP) is 2.15. The van der Waals surface area contributed by atoms with E-state index in [9.17, 15) is 19.5 Å². The Kier molecular flexibility index (Phi) is 5.51. The van der Waals surface area contributed by atoms with Gasteiger partial charge < -0.3 is 20.5 Å². The van der Waals surface area contributed by atoms with Gasteiger partial charge in [-0.3, -0.25) is 9.59 Å². The van der Waals surface area contributed by atoms with E-state index in [0.29, 0.717) is 11.4 Å². The lowest BCUT2D eigenvalue weighted by molar-refractivity contribution is -0.119. The van der Waals surface area contributed by atoms with Crippen molar-refractivity contribution in [2.45, 2.75) is 6.92 Å². The minimum Gasteiger partial charge on any atom is -0.508 e. The highest BCUT2D eigenvalue weighted by atomic mass is 16.5. The zero-order valence-corrected chi connectivity index (χ0v) is 12.9. The van der Waals surface area contributed by atoms with Crippen LogP contribution in [0.4, 0.5) is 11.4 Å². The van der Waals surface area contributed by atoms with E-state index >= 15 is 0 Å². The first-order chi connectivity index (χ1) is 11.4. The van der Waals surface area contributed by atoms with E-state index in [1.807, 2.05) is 0 Å². The van der Waals surface area contributed by atoms with E-state index < -0.39 is 18.5 Å². The first kappa shape index (κ1) is 17.0. The van der Waals surface area contributed by atoms with Crippen LogP contribution in [0.15, 0.2) is 48.5 Å². The Morgan fingerprint density at radius 3 is 2.33 bits per heavy atom. The van der Waals surface area contributed by atoms with Crippen molar-refractivity contribution in [3.8, 4) is 5.75 Å². The van der Waals surface area contributed by atoms with Gasteiger partial charge in [-0.05, 0) is 36.4 Å². The molecule has 124 valence electrons. The molecule has 0 heterocycles. The molecule has 2 aromatic rings. The maximum atomic E-state index is 11.8. The van der Waals surface area contributed by atoms with Crippen LogP contribution >= 0.6 is 0 Å². The number of hydrogen-bond acceptors (Lipinski definition) is 5. The molecule has 0 aliphatic rings. The van der Waals surface area contributed by atoms with E-state index in [-0.39, 0.29) is 17.2 Å². The maximum Gasteiger partial charge on any atom is 0.338 e. The SMILES string of the molecule is CC(=O)Nc1cccc(NC(=O)COC(=O)c2cccc(O)c2)c1. The lowest BCUT2D eigenvalue weighted by Crippen LogP contribution is -2.21. The summed E-state index contributed by atoms with van der Waals surface area (Å²) in [5, 5.41) is 14.5. The third-order valence-corrected chi connectivity index (χ3v) is 2.88. The summed E-state index contributed by atoms with van der Waals surface area (Å²) in [6.45, 7) is 0.908. The van der Waals surface area contributed by atoms with Gasteiger partial charge in [0.25, 0.3) is 5.91 Å². The van der Waals surface area contributed by atoms with Crippen LogP contribution in [0.1, 0.15) is 17.3 Å². The van der Waals surface area contributed by atoms with Crippen LogP contribution in [0.5, 0.6) is 5.75 Å². The van der Waals surface area contributed by atoms with Crippen LogP contribution < -0.4 is 10.6 Å². The normalized spacial score (nSPS) is 9.88. The number of phenols is 1. The number of rotatable bonds is 5. The van der Waals surface area contributed by atoms with Crippen molar-refractivity contribution in [2.24, 2.45) is 0 Å². The van der Waals surface area contributed by atoms with Crippen molar-refractivity contribution >= 4 is 29.2 Å². The molecule has 2 aromatic carbocycles. The fraction of sp³-hybridized carbons (Fsp3) is 0.118. The van der Waals surface area contributed by atoms with Crippen LogP contribution in [0.25, 0.3) is 0 Å². The molecule has 3 N–H and O–H groups in total. The lowest BCUT2D eigenvalue weighted by Gasteiger charge is -2.08. The molecule has 7 nitrogen and oxygen atoms in total. The zero-order chi connectivity index (χ0) is 17.5. The predicted molar refractivity (Wildman–Crippen MR) is 87.8 cm³/mol. The summed E-state index contributed by atoms with van der Waals surface area (Å²) in [4.78, 5) is 34.6. The Morgan fingerprint density at radius 2 is 1.67 bits per heavy atom. The molecule has 0 bridgehead atoms. The van der Waals surface area contributed by atoms with Gasteiger partial charge in [0.1, 0.15) is 5.75 Å². The van der Waals surface area contributed by atoms with E-state index in [0.717, 1.165) is 0 Å². The molecule has 0 saturated carbocycles. The van der Waals surface area contributed by atoms with Crippen molar-refractivity contribution in [1.29, 1.82) is 0 Å². The highest BCUT2D eigenvalue weighted by Gasteiger charge is 2.11. The molecular weight excluding hydrogens is 312 g/mol. The number of esters is 1. The number of hydrogen-bond donors (Lipinski definition) is 3. The van der Waals surface area contributed by atoms with Gasteiger partial charge in [-0.15, -0.1) is 0 Å². The summed E-state index contributed by atoms with van der Waals surface area (Å²) < 4.78 is 4.88. The molecule has 0 aliphatic carbocycles. The first-order valence-corrected chi connectivity index (χ1v) is 7.08. The van der Waals surface area contributed by atoms with Gasteiger partial charge in [-0.25, -0.2) is 4.79 Å². The largest absolute Gasteiger partial charge is 0.508 e. The number of amides is 2. The van der Waals surface area contributed by atoms with Crippen molar-refractivity contribution in [1.82, 2.24) is 0 Å². The third-order valence-electron chi connectivity index (χ3n) is 2.88. The van der Waals surface area contributed by atoms with Crippen LogP contribution in [0.2, 0.25) is 0 Å². The van der Waals surface area contributed by atoms with Gasteiger partial charge in [0.05, 0.1) is 5.56 Å². The quantitative estimate of drug-likeness (QED) is 0.729. The number of benzene rings is 2. The zero-order valence-electron chi connectivity index (χ0n) is 12.9. The molecule has 0 aliphatic heterocycles. The van der Waals surface area contributed by atoms with E-state index in [2.05, 4.69) is 10.6 Å². The van der Waals surface area contributed by atoms with Crippen LogP contribution in [-0.2, 0) is 14.3 Å². The van der Waals surface area contributed by atoms with Gasteiger partial charge in [0.2, 0.25) is 5.91 Å². The molecule has 0 spiro atoms. The number of aromatic hydroxyl groups is 1. The number of carbonyl (C=O) groups excluding carboxylic acids is 3. The standard InChI is InChI=1S/C17H16N2O5/c1-11(20)18-13-5-3-6-14(9-13)19-16(22)10-24-17(23)12-4-2-7-15(21)8-12/h2-9,21H,10H2,1H3,(H,18,20)(H,19,22). The summed E-state index contributed by atoms with van der Waals surface area (Å²) in [6, 6.07) is 12.2. The van der Waals surface area contributed by atoms with E-state index in [1.54, 1.807) is 24.3 Å². The number of phenolic OH excluding ortho intramolecular Hbond substituents is 1. The summed E-state index contributed by atoms with van der Waals surface area (Å²) in [5.74, 6) is -1.53. The molecule has 2 amide bonds. The Balaban J connectivity index is 1.89. The molecule has 0 unspecified atom stereocenters. The Labute approximate surface area is 138 Å². The van der Waals surface area contributed by atoms with Crippen molar-refractivity contribution < 1.29 is 24.2 Å². The highest BCUT2D eigenvalue weighted by molar-refractivity contribution is 5.96. The topological polar surface area (TPSA) is 105 Å². The highest BCUT2D eigenvalue weighted by Crippen LogP contribution is 2.15. The van der Waals surface area contributed by atoms with Crippen LogP contribution in [0, 0.1) is 0 Å². The second kappa shape index (κ2) is 7.77. The molecular formula is C17H16N2O5. The van der Waals surface area contributed by atoms with Crippen molar-refractivity contribution in [3.05, 3.63) is 54.1 Å². The summed E-state index contributed by atoms with van der Waals surface area (Å²) in [6.07, 6.45) is 0. The van der Waals surface area contributed by atoms with E-state index in [4.69, 9.17) is 4.74 Å². The molecule has 7 heteroatoms. The van der Waals surface area contributed by atoms with Crippen molar-refractivity contribution in [3.63, 3.8) is 0 Å². The minimum atomic E-state index is -0.715. The number of anilines is 2.